The van der Waals surface area contributed by atoms with E-state index in [0.29, 0.717) is 32.2 Å². The Bertz CT molecular complexity index is 529. The molecule has 1 atom stereocenters. The molecule has 26 heavy (non-hydrogen) atoms. The molecule has 0 saturated heterocycles. The predicted octanol–water partition coefficient (Wildman–Crippen LogP) is -0.406. The summed E-state index contributed by atoms with van der Waals surface area (Å²) in [6.45, 7) is 1.79. The largest absolute Gasteiger partial charge is 0.481 e. The van der Waals surface area contributed by atoms with Gasteiger partial charge >= 0.3 is 5.97 Å². The topological polar surface area (TPSA) is 142 Å². The van der Waals surface area contributed by atoms with E-state index >= 15 is 0 Å². The summed E-state index contributed by atoms with van der Waals surface area (Å²) in [5.41, 5.74) is 0. The highest BCUT2D eigenvalue weighted by atomic mass is 16.4. The number of aldehydes is 1. The number of hydrogen-bond donors (Lipinski definition) is 4. The maximum Gasteiger partial charge on any atom is 0.303 e. The summed E-state index contributed by atoms with van der Waals surface area (Å²) >= 11 is 0. The Morgan fingerprint density at radius 1 is 1.12 bits per heavy atom. The lowest BCUT2D eigenvalue weighted by Gasteiger charge is -2.24. The van der Waals surface area contributed by atoms with Crippen molar-refractivity contribution in [2.75, 3.05) is 13.1 Å². The van der Waals surface area contributed by atoms with Crippen molar-refractivity contribution in [1.29, 1.82) is 0 Å². The van der Waals surface area contributed by atoms with Gasteiger partial charge in [-0.15, -0.1) is 0 Å². The van der Waals surface area contributed by atoms with Crippen LogP contribution in [0.25, 0.3) is 0 Å². The van der Waals surface area contributed by atoms with Gasteiger partial charge in [-0.1, -0.05) is 0 Å². The number of rotatable bonds is 10. The fraction of sp³-hybridized carbons (Fsp3) is 0.706. The summed E-state index contributed by atoms with van der Waals surface area (Å²) < 4.78 is 0. The Hall–Kier alpha value is -2.45. The number of likely N-dealkylation sites (N-methyl/N-ethyl adjacent to an activating group) is 1. The Morgan fingerprint density at radius 2 is 1.77 bits per heavy atom. The molecule has 0 aromatic heterocycles. The maximum atomic E-state index is 12.1. The van der Waals surface area contributed by atoms with E-state index in [-0.39, 0.29) is 37.1 Å². The molecule has 9 heteroatoms. The normalized spacial score (nSPS) is 20.5. The van der Waals surface area contributed by atoms with E-state index < -0.39 is 23.8 Å². The molecule has 4 N–H and O–H groups in total. The fourth-order valence-corrected chi connectivity index (χ4v) is 2.91. The van der Waals surface area contributed by atoms with Crippen LogP contribution in [-0.4, -0.2) is 54.2 Å². The van der Waals surface area contributed by atoms with Gasteiger partial charge in [0.15, 0.2) is 0 Å². The minimum absolute atomic E-state index is 0.00872. The quantitative estimate of drug-likeness (QED) is 0.386. The van der Waals surface area contributed by atoms with E-state index in [9.17, 15) is 24.0 Å². The van der Waals surface area contributed by atoms with Crippen LogP contribution in [0.4, 0.5) is 0 Å². The van der Waals surface area contributed by atoms with Crippen LogP contribution >= 0.6 is 0 Å². The van der Waals surface area contributed by atoms with Gasteiger partial charge in [-0.2, -0.15) is 0 Å². The number of carbonyl (C=O) groups excluding carboxylic acids is 4. The van der Waals surface area contributed by atoms with E-state index in [0.717, 1.165) is 6.29 Å². The molecule has 1 aliphatic carbocycles. The molecule has 9 nitrogen and oxygen atoms in total. The van der Waals surface area contributed by atoms with Gasteiger partial charge in [0.2, 0.25) is 17.7 Å². The molecule has 0 aromatic carbocycles. The number of aliphatic carboxylic acids is 1. The molecule has 1 fully saturated rings. The second-order valence-corrected chi connectivity index (χ2v) is 6.41. The smallest absolute Gasteiger partial charge is 0.303 e. The first-order chi connectivity index (χ1) is 12.4. The molecule has 0 aromatic rings. The van der Waals surface area contributed by atoms with Crippen molar-refractivity contribution >= 4 is 30.0 Å². The third-order valence-corrected chi connectivity index (χ3v) is 4.41. The Morgan fingerprint density at radius 3 is 2.31 bits per heavy atom. The van der Waals surface area contributed by atoms with Crippen LogP contribution < -0.4 is 16.0 Å². The molecule has 0 radical (unpaired) electrons. The molecular formula is C17H27N3O6. The summed E-state index contributed by atoms with van der Waals surface area (Å²) in [4.78, 5) is 57.4. The number of carbonyl (C=O) groups is 5. The van der Waals surface area contributed by atoms with Crippen LogP contribution in [0.3, 0.4) is 0 Å². The van der Waals surface area contributed by atoms with Gasteiger partial charge in [-0.3, -0.25) is 19.2 Å². The van der Waals surface area contributed by atoms with Crippen molar-refractivity contribution in [1.82, 2.24) is 16.0 Å². The highest BCUT2D eigenvalue weighted by Crippen LogP contribution is 2.27. The molecule has 0 spiro atoms. The van der Waals surface area contributed by atoms with Crippen LogP contribution in [0, 0.1) is 11.8 Å². The molecule has 1 rings (SSSR count). The van der Waals surface area contributed by atoms with Crippen molar-refractivity contribution in [2.45, 2.75) is 51.5 Å². The van der Waals surface area contributed by atoms with Crippen LogP contribution in [0.1, 0.15) is 45.4 Å². The summed E-state index contributed by atoms with van der Waals surface area (Å²) in [6, 6.07) is -0.960. The summed E-state index contributed by atoms with van der Waals surface area (Å²) in [5.74, 6) is -2.53. The first-order valence-electron chi connectivity index (χ1n) is 8.89. The first-order valence-corrected chi connectivity index (χ1v) is 8.89. The van der Waals surface area contributed by atoms with Gasteiger partial charge < -0.3 is 25.9 Å². The zero-order valence-electron chi connectivity index (χ0n) is 15.0. The first kappa shape index (κ1) is 21.6. The summed E-state index contributed by atoms with van der Waals surface area (Å²) in [5, 5.41) is 16.3. The standard InChI is InChI=1S/C17H27N3O6/c1-2-18-17(26)13(7-8-15(23)24)20-14(22)9-19-16(25)12-5-3-11(10-21)4-6-12/h10-13H,2-9H2,1H3,(H,18,26)(H,19,25)(H,20,22)(H,23,24)/t11?,12?,13-/m1/s1. The van der Waals surface area contributed by atoms with Gasteiger partial charge in [0.1, 0.15) is 12.3 Å². The van der Waals surface area contributed by atoms with Crippen LogP contribution in [0.15, 0.2) is 0 Å². The van der Waals surface area contributed by atoms with Crippen molar-refractivity contribution in [3.63, 3.8) is 0 Å². The SMILES string of the molecule is CCNC(=O)[C@@H](CCC(=O)O)NC(=O)CNC(=O)C1CCC(C=O)CC1. The molecule has 0 aliphatic heterocycles. The third-order valence-electron chi connectivity index (χ3n) is 4.41. The maximum absolute atomic E-state index is 12.1. The lowest BCUT2D eigenvalue weighted by atomic mass is 9.82. The van der Waals surface area contributed by atoms with Gasteiger partial charge in [0, 0.05) is 24.8 Å². The van der Waals surface area contributed by atoms with E-state index in [1.165, 1.54) is 0 Å². The fourth-order valence-electron chi connectivity index (χ4n) is 2.91. The van der Waals surface area contributed by atoms with Crippen molar-refractivity contribution in [2.24, 2.45) is 11.8 Å². The molecule has 1 saturated carbocycles. The van der Waals surface area contributed by atoms with E-state index in [1.807, 2.05) is 0 Å². The minimum atomic E-state index is -1.06. The van der Waals surface area contributed by atoms with Crippen molar-refractivity contribution in [3.05, 3.63) is 0 Å². The van der Waals surface area contributed by atoms with Crippen LogP contribution in [0.2, 0.25) is 0 Å². The molecule has 3 amide bonds. The number of hydrogen-bond acceptors (Lipinski definition) is 5. The Balaban J connectivity index is 2.43. The molecule has 0 heterocycles. The van der Waals surface area contributed by atoms with Crippen LogP contribution in [0.5, 0.6) is 0 Å². The monoisotopic (exact) mass is 369 g/mol. The second kappa shape index (κ2) is 11.2. The van der Waals surface area contributed by atoms with Crippen molar-refractivity contribution in [3.8, 4) is 0 Å². The van der Waals surface area contributed by atoms with Gasteiger partial charge in [0.05, 0.1) is 6.54 Å². The summed E-state index contributed by atoms with van der Waals surface area (Å²) in [6.07, 6.45) is 3.18. The third kappa shape index (κ3) is 7.62. The lowest BCUT2D eigenvalue weighted by Crippen LogP contribution is -2.50. The molecular weight excluding hydrogens is 342 g/mol. The molecule has 1 aliphatic rings. The number of carboxylic acids is 1. The van der Waals surface area contributed by atoms with E-state index in [2.05, 4.69) is 16.0 Å². The molecule has 0 bridgehead atoms. The zero-order chi connectivity index (χ0) is 19.5. The lowest BCUT2D eigenvalue weighted by molar-refractivity contribution is -0.138. The van der Waals surface area contributed by atoms with E-state index in [1.54, 1.807) is 6.92 Å². The van der Waals surface area contributed by atoms with Gasteiger partial charge in [-0.05, 0) is 39.0 Å². The molecule has 146 valence electrons. The molecule has 0 unspecified atom stereocenters. The second-order valence-electron chi connectivity index (χ2n) is 6.41. The zero-order valence-corrected chi connectivity index (χ0v) is 15.0. The predicted molar refractivity (Wildman–Crippen MR) is 92.0 cm³/mol. The highest BCUT2D eigenvalue weighted by molar-refractivity contribution is 5.90. The van der Waals surface area contributed by atoms with Gasteiger partial charge in [0.25, 0.3) is 0 Å². The number of amides is 3. The van der Waals surface area contributed by atoms with E-state index in [4.69, 9.17) is 5.11 Å². The Labute approximate surface area is 152 Å². The van der Waals surface area contributed by atoms with Crippen molar-refractivity contribution < 1.29 is 29.1 Å². The average Bonchev–Trinajstić information content (AvgIpc) is 2.63. The summed E-state index contributed by atoms with van der Waals surface area (Å²) in [7, 11) is 0. The Kier molecular flexibility index (Phi) is 9.32. The van der Waals surface area contributed by atoms with Gasteiger partial charge in [-0.25, -0.2) is 0 Å². The highest BCUT2D eigenvalue weighted by Gasteiger charge is 2.27. The number of carboxylic acid groups (broad SMARTS) is 1. The minimum Gasteiger partial charge on any atom is -0.481 e. The van der Waals surface area contributed by atoms with Crippen LogP contribution in [-0.2, 0) is 24.0 Å². The average molecular weight is 369 g/mol. The number of nitrogens with one attached hydrogen (secondary N) is 3.